The minimum Gasteiger partial charge on any atom is -1.00 e. The highest BCUT2D eigenvalue weighted by molar-refractivity contribution is 14.1. The second kappa shape index (κ2) is 32.9. The topological polar surface area (TPSA) is 421 Å². The maximum Gasteiger partial charge on any atom is 0.323 e. The summed E-state index contributed by atoms with van der Waals surface area (Å²) < 4.78 is 2.88. The van der Waals surface area contributed by atoms with Crippen LogP contribution in [0.3, 0.4) is 0 Å². The zero-order chi connectivity index (χ0) is 64.6. The van der Waals surface area contributed by atoms with Crippen molar-refractivity contribution < 1.29 is 71.2 Å². The number of nitrogens with two attached hydrogens (primary N) is 5. The predicted molar refractivity (Wildman–Crippen MR) is 345 cm³/mol. The van der Waals surface area contributed by atoms with Crippen LogP contribution in [-0.4, -0.2) is 95.5 Å². The van der Waals surface area contributed by atoms with E-state index in [0.29, 0.717) is 34.1 Å². The summed E-state index contributed by atoms with van der Waals surface area (Å²) in [6.07, 6.45) is 0. The first-order valence-electron chi connectivity index (χ1n) is 23.9. The average molecular weight is 1570 g/mol. The Morgan fingerprint density at radius 3 is 1.17 bits per heavy atom. The number of amides is 6. The Morgan fingerprint density at radius 2 is 0.854 bits per heavy atom. The van der Waals surface area contributed by atoms with Gasteiger partial charge in [-0.15, -0.1) is 0 Å². The highest BCUT2D eigenvalue weighted by Crippen LogP contribution is 2.29. The van der Waals surface area contributed by atoms with Crippen molar-refractivity contribution >= 4 is 194 Å². The van der Waals surface area contributed by atoms with Crippen LogP contribution in [0.5, 0.6) is 0 Å². The number of carbonyl (C=O) groups excluding carboxylic acids is 9. The number of carboxylic acids is 1. The van der Waals surface area contributed by atoms with Crippen molar-refractivity contribution in [2.75, 3.05) is 32.7 Å². The van der Waals surface area contributed by atoms with E-state index >= 15 is 0 Å². The van der Waals surface area contributed by atoms with E-state index in [-0.39, 0.29) is 24.2 Å². The van der Waals surface area contributed by atoms with Crippen molar-refractivity contribution in [1.82, 2.24) is 10.6 Å². The molecule has 3 aromatic rings. The van der Waals surface area contributed by atoms with Crippen LogP contribution in [0.4, 0.5) is 34.1 Å². The molecule has 82 heavy (non-hydrogen) atoms. The van der Waals surface area contributed by atoms with E-state index in [9.17, 15) is 47.9 Å². The van der Waals surface area contributed by atoms with Crippen LogP contribution in [-0.2, 0) is 47.9 Å². The van der Waals surface area contributed by atoms with Crippen LogP contribution in [0.25, 0.3) is 0 Å². The fourth-order valence-electron chi connectivity index (χ4n) is 4.30. The number of aliphatic carboxylic acids is 1. The maximum atomic E-state index is 12.8. The molecule has 30 heteroatoms. The van der Waals surface area contributed by atoms with Crippen molar-refractivity contribution in [2.45, 2.75) is 144 Å². The van der Waals surface area contributed by atoms with Gasteiger partial charge in [-0.3, -0.25) is 47.9 Å². The van der Waals surface area contributed by atoms with Gasteiger partial charge in [0.05, 0.1) is 45.2 Å². The predicted octanol–water partition coefficient (Wildman–Crippen LogP) is 3.22. The number of nitrogens with one attached hydrogen (secondary N) is 6. The van der Waals surface area contributed by atoms with E-state index in [0.717, 1.165) is 10.7 Å². The van der Waals surface area contributed by atoms with Gasteiger partial charge in [0.1, 0.15) is 27.4 Å². The van der Waals surface area contributed by atoms with Crippen LogP contribution in [0, 0.1) is 21.5 Å². The standard InChI is InChI=1S/C19H25IN4O4.C14H21IN4O2.C6H7IN2.C5H6Cl2O2.C4H8ClNO.C4H9NO2.ClH/c1-17(2)13(25)23-18(3,4)15(27)21-11-8-7-10(20)9-12(11)22-16(28)19(5,6)24-14(17)26;1-13(2,16)11(20)18-9-6-5-8(15)7-10(9)19-12(21)14(3,4)17;7-4-1-2-5(8)6(9)3-4;1-5(2,3(6)8)4(7)9;1-4(2,6)3(5)7;1-4(2,5)3(6)7;/h7-9H,1-6H3,(H,21,27)(H,22,28)(H,23,25)(H,24,26);5-7H,16-17H2,1-4H3,(H,18,20)(H,19,21);1-3H,8-9H2;1-2H3;6H2,1-2H3;5H2,1-2H3,(H,6,7);1H. The first kappa shape index (κ1) is 82.0. The SMILES string of the molecule is CC(C)(C(=O)Cl)C(=O)Cl.CC(C)(N)C(=O)Nc1ccc(I)cc1NC(=O)C(C)(C)N.CC(C)(N)C(=O)O.CC(C)([NH3+])C(=O)Cl.CC1(C)NC(=O)C(C)(C)C(=O)NC(C)(C)C(=O)Nc2cc(I)ccc2NC1=O.Nc1ccc(I)cc1N.[Cl-]. The van der Waals surface area contributed by atoms with Crippen molar-refractivity contribution in [3.63, 3.8) is 0 Å². The third-order valence-corrected chi connectivity index (χ3v) is 13.8. The Bertz CT molecular complexity index is 2790. The quantitative estimate of drug-likeness (QED) is 0.0666. The Morgan fingerprint density at radius 1 is 0.524 bits per heavy atom. The lowest BCUT2D eigenvalue weighted by molar-refractivity contribution is -0.443. The van der Waals surface area contributed by atoms with Gasteiger partial charge in [0.2, 0.25) is 45.9 Å². The number of anilines is 6. The van der Waals surface area contributed by atoms with E-state index in [2.05, 4.69) is 105 Å². The molecule has 3 aromatic carbocycles. The second-order valence-corrected chi connectivity index (χ2v) is 27.3. The van der Waals surface area contributed by atoms with Crippen molar-refractivity contribution in [2.24, 2.45) is 28.0 Å². The third kappa shape index (κ3) is 29.0. The van der Waals surface area contributed by atoms with Gasteiger partial charge < -0.3 is 83.8 Å². The van der Waals surface area contributed by atoms with Crippen LogP contribution in [0.1, 0.15) is 111 Å². The van der Waals surface area contributed by atoms with Gasteiger partial charge in [-0.25, -0.2) is 0 Å². The molecule has 0 bridgehead atoms. The van der Waals surface area contributed by atoms with Gasteiger partial charge in [0, 0.05) is 10.7 Å². The molecule has 1 aliphatic heterocycles. The summed E-state index contributed by atoms with van der Waals surface area (Å²) >= 11 is 21.5. The summed E-state index contributed by atoms with van der Waals surface area (Å²) in [5.74, 6) is -3.86. The summed E-state index contributed by atoms with van der Waals surface area (Å²) in [7, 11) is 0. The Hall–Kier alpha value is -4.25. The molecular formula is C52H77Cl4I3N12O11. The molecule has 0 fully saturated rings. The molecule has 0 spiro atoms. The highest BCUT2D eigenvalue weighted by atomic mass is 127. The number of rotatable bonds is 8. The van der Waals surface area contributed by atoms with Crippen LogP contribution in [0.2, 0.25) is 0 Å². The second-order valence-electron chi connectivity index (χ2n) is 22.6. The van der Waals surface area contributed by atoms with Gasteiger partial charge in [-0.1, -0.05) is 0 Å². The van der Waals surface area contributed by atoms with E-state index in [1.807, 2.05) is 18.2 Å². The Balaban J connectivity index is -0.00000101. The summed E-state index contributed by atoms with van der Waals surface area (Å²) in [4.78, 5) is 116. The third-order valence-electron chi connectivity index (χ3n) is 10.4. The lowest BCUT2D eigenvalue weighted by Crippen LogP contribution is -3.00. The van der Waals surface area contributed by atoms with Crippen LogP contribution >= 0.6 is 103 Å². The van der Waals surface area contributed by atoms with Gasteiger partial charge in [0.15, 0.2) is 5.54 Å². The van der Waals surface area contributed by atoms with E-state index in [1.54, 1.807) is 106 Å². The summed E-state index contributed by atoms with van der Waals surface area (Å²) in [6.45, 7) is 24.5. The molecule has 0 aliphatic carbocycles. The molecule has 1 aliphatic rings. The van der Waals surface area contributed by atoms with Crippen LogP contribution < -0.4 is 78.7 Å². The monoisotopic (exact) mass is 1570 g/mol. The molecule has 0 saturated heterocycles. The number of halogens is 7. The first-order chi connectivity index (χ1) is 36.0. The number of benzene rings is 3. The average Bonchev–Trinajstić information content (AvgIpc) is 3.28. The van der Waals surface area contributed by atoms with E-state index in [4.69, 9.17) is 68.6 Å². The molecule has 0 radical (unpaired) electrons. The number of quaternary nitrogens is 1. The number of carbonyl (C=O) groups is 10. The molecule has 0 unspecified atom stereocenters. The number of hydrogen-bond donors (Lipinski definition) is 13. The van der Waals surface area contributed by atoms with Crippen molar-refractivity contribution in [3.05, 3.63) is 65.3 Å². The lowest BCUT2D eigenvalue weighted by atomic mass is 9.88. The minimum atomic E-state index is -1.49. The van der Waals surface area contributed by atoms with E-state index < -0.39 is 89.4 Å². The maximum absolute atomic E-state index is 12.8. The largest absolute Gasteiger partial charge is 1.00 e. The highest BCUT2D eigenvalue weighted by Gasteiger charge is 2.44. The number of nitrogen functional groups attached to an aromatic ring is 2. The molecule has 23 nitrogen and oxygen atoms in total. The molecule has 20 N–H and O–H groups in total. The molecule has 4 rings (SSSR count). The Labute approximate surface area is 541 Å². The lowest BCUT2D eigenvalue weighted by Gasteiger charge is -2.32. The van der Waals surface area contributed by atoms with Crippen molar-refractivity contribution in [3.8, 4) is 0 Å². The molecule has 0 saturated carbocycles. The van der Waals surface area contributed by atoms with Gasteiger partial charge in [-0.05, 0) is 268 Å². The fraction of sp³-hybridized carbons (Fsp3) is 0.462. The zero-order valence-electron chi connectivity index (χ0n) is 48.5. The fourth-order valence-corrected chi connectivity index (χ4v) is 6.02. The number of carboxylic acid groups (broad SMARTS) is 1. The molecule has 460 valence electrons. The summed E-state index contributed by atoms with van der Waals surface area (Å²) in [5, 5.41) is 22.5. The molecule has 6 amide bonds. The van der Waals surface area contributed by atoms with Gasteiger partial charge in [0.25, 0.3) is 5.24 Å². The molecule has 1 heterocycles. The summed E-state index contributed by atoms with van der Waals surface area (Å²) in [6, 6.07) is 16.0. The zero-order valence-corrected chi connectivity index (χ0v) is 58.0. The van der Waals surface area contributed by atoms with Crippen molar-refractivity contribution in [1.29, 1.82) is 0 Å². The summed E-state index contributed by atoms with van der Waals surface area (Å²) in [5.41, 5.74) is 25.0. The normalized spacial score (nSPS) is 14.6. The van der Waals surface area contributed by atoms with Gasteiger partial charge in [-0.2, -0.15) is 0 Å². The first-order valence-corrected chi connectivity index (χ1v) is 28.3. The Kier molecular flexibility index (Phi) is 32.9. The van der Waals surface area contributed by atoms with Crippen LogP contribution in [0.15, 0.2) is 54.6 Å². The molecule has 0 atom stereocenters. The smallest absolute Gasteiger partial charge is 0.323 e. The number of fused-ring (bicyclic) bond motifs is 1. The van der Waals surface area contributed by atoms with E-state index in [1.165, 1.54) is 41.5 Å². The molecule has 0 aromatic heterocycles. The number of hydrogen-bond acceptors (Lipinski definition) is 15. The molecular weight excluding hydrogens is 1490 g/mol. The van der Waals surface area contributed by atoms with Gasteiger partial charge >= 0.3 is 5.97 Å². The minimum absolute atomic E-state index is 0.